The zero-order valence-corrected chi connectivity index (χ0v) is 18.3. The topological polar surface area (TPSA) is 96.2 Å². The van der Waals surface area contributed by atoms with Gasteiger partial charge in [0.15, 0.2) is 6.29 Å². The summed E-state index contributed by atoms with van der Waals surface area (Å²) in [6.45, 7) is 3.82. The van der Waals surface area contributed by atoms with Crippen molar-refractivity contribution in [3.63, 3.8) is 0 Å². The first kappa shape index (κ1) is 26.1. The van der Waals surface area contributed by atoms with E-state index in [1.807, 2.05) is 6.92 Å². The van der Waals surface area contributed by atoms with Gasteiger partial charge in [0.2, 0.25) is 0 Å². The fraction of sp³-hybridized carbons (Fsp3) is 0.870. The van der Waals surface area contributed by atoms with Crippen molar-refractivity contribution in [2.45, 2.75) is 128 Å². The molecule has 1 fully saturated rings. The third-order valence-corrected chi connectivity index (χ3v) is 5.55. The Morgan fingerprint density at radius 2 is 1.55 bits per heavy atom. The third kappa shape index (κ3) is 13.1. The van der Waals surface area contributed by atoms with E-state index in [1.165, 1.54) is 57.4 Å². The number of carbonyl (C=O) groups is 1. The highest BCUT2D eigenvalue weighted by molar-refractivity contribution is 5.79. The van der Waals surface area contributed by atoms with E-state index in [4.69, 9.17) is 14.6 Å². The van der Waals surface area contributed by atoms with Crippen LogP contribution in [0.3, 0.4) is 0 Å². The summed E-state index contributed by atoms with van der Waals surface area (Å²) < 4.78 is 11.4. The highest BCUT2D eigenvalue weighted by Crippen LogP contribution is 2.23. The maximum Gasteiger partial charge on any atom is 0.327 e. The maximum atomic E-state index is 10.3. The lowest BCUT2D eigenvalue weighted by Crippen LogP contribution is -2.48. The van der Waals surface area contributed by atoms with E-state index < -0.39 is 24.5 Å². The van der Waals surface area contributed by atoms with E-state index in [-0.39, 0.29) is 12.2 Å². The monoisotopic (exact) mass is 414 g/mol. The summed E-state index contributed by atoms with van der Waals surface area (Å²) in [5.41, 5.74) is 0. The van der Waals surface area contributed by atoms with Gasteiger partial charge in [-0.25, -0.2) is 4.79 Å². The molecule has 0 saturated carbocycles. The van der Waals surface area contributed by atoms with Crippen molar-refractivity contribution in [1.82, 2.24) is 0 Å². The smallest absolute Gasteiger partial charge is 0.327 e. The summed E-state index contributed by atoms with van der Waals surface area (Å²) in [5.74, 6) is -0.862. The number of aliphatic hydroxyl groups is 2. The molecule has 5 atom stereocenters. The summed E-state index contributed by atoms with van der Waals surface area (Å²) in [4.78, 5) is 10.3. The Labute approximate surface area is 176 Å². The predicted octanol–water partition coefficient (Wildman–Crippen LogP) is 4.57. The van der Waals surface area contributed by atoms with Crippen LogP contribution in [0.25, 0.3) is 0 Å². The number of ether oxygens (including phenoxy) is 2. The number of rotatable bonds is 16. The van der Waals surface area contributed by atoms with E-state index in [2.05, 4.69) is 0 Å². The van der Waals surface area contributed by atoms with Crippen LogP contribution in [0.2, 0.25) is 0 Å². The van der Waals surface area contributed by atoms with Crippen LogP contribution in [0.1, 0.15) is 97.3 Å². The summed E-state index contributed by atoms with van der Waals surface area (Å²) in [6.07, 6.45) is 15.0. The molecular weight excluding hydrogens is 372 g/mol. The Morgan fingerprint density at radius 1 is 1.00 bits per heavy atom. The molecule has 0 spiro atoms. The molecule has 6 heteroatoms. The lowest BCUT2D eigenvalue weighted by Gasteiger charge is -2.36. The first-order chi connectivity index (χ1) is 13.9. The molecule has 6 nitrogen and oxygen atoms in total. The Hall–Kier alpha value is -0.950. The second-order valence-electron chi connectivity index (χ2n) is 8.38. The third-order valence-electron chi connectivity index (χ3n) is 5.55. The van der Waals surface area contributed by atoms with Crippen molar-refractivity contribution in [2.24, 2.45) is 0 Å². The maximum absolute atomic E-state index is 10.3. The van der Waals surface area contributed by atoms with Gasteiger partial charge in [-0.3, -0.25) is 0 Å². The molecule has 0 amide bonds. The molecule has 1 rings (SSSR count). The zero-order valence-electron chi connectivity index (χ0n) is 18.3. The van der Waals surface area contributed by atoms with Gasteiger partial charge in [0, 0.05) is 12.5 Å². The lowest BCUT2D eigenvalue weighted by atomic mass is 10.0. The van der Waals surface area contributed by atoms with Gasteiger partial charge in [0.1, 0.15) is 6.10 Å². The fourth-order valence-electron chi connectivity index (χ4n) is 3.66. The van der Waals surface area contributed by atoms with Gasteiger partial charge in [-0.15, -0.1) is 0 Å². The van der Waals surface area contributed by atoms with Crippen LogP contribution < -0.4 is 0 Å². The quantitative estimate of drug-likeness (QED) is 0.253. The molecular formula is C23H42O6. The molecule has 1 aliphatic rings. The van der Waals surface area contributed by atoms with Crippen LogP contribution in [-0.2, 0) is 14.3 Å². The summed E-state index contributed by atoms with van der Waals surface area (Å²) in [5, 5.41) is 28.2. The van der Waals surface area contributed by atoms with Gasteiger partial charge in [-0.2, -0.15) is 0 Å². The molecule has 29 heavy (non-hydrogen) atoms. The molecule has 0 bridgehead atoms. The highest BCUT2D eigenvalue weighted by Gasteiger charge is 2.35. The van der Waals surface area contributed by atoms with E-state index in [0.717, 1.165) is 25.7 Å². The van der Waals surface area contributed by atoms with Gasteiger partial charge in [0.25, 0.3) is 0 Å². The van der Waals surface area contributed by atoms with Gasteiger partial charge >= 0.3 is 5.97 Å². The minimum atomic E-state index is -0.862. The van der Waals surface area contributed by atoms with Crippen LogP contribution in [0.15, 0.2) is 12.2 Å². The molecule has 0 radical (unpaired) electrons. The molecule has 0 aromatic carbocycles. The Bertz CT molecular complexity index is 453. The lowest BCUT2D eigenvalue weighted by molar-refractivity contribution is -0.273. The number of aliphatic hydroxyl groups excluding tert-OH is 2. The van der Waals surface area contributed by atoms with Crippen molar-refractivity contribution in [2.75, 3.05) is 0 Å². The van der Waals surface area contributed by atoms with E-state index in [9.17, 15) is 15.0 Å². The number of hydrogen-bond donors (Lipinski definition) is 3. The molecule has 0 unspecified atom stereocenters. The Balaban J connectivity index is 1.88. The SMILES string of the molecule is C[C@H](CCCCCCCCCCCC/C=C/C(=O)O)O[C@@H]1O[C@@H](C)[C@H](O)C[C@H]1O. The number of carboxylic acids is 1. The summed E-state index contributed by atoms with van der Waals surface area (Å²) in [7, 11) is 0. The second kappa shape index (κ2) is 15.8. The zero-order chi connectivity index (χ0) is 21.5. The minimum absolute atomic E-state index is 0.0439. The fourth-order valence-corrected chi connectivity index (χ4v) is 3.66. The van der Waals surface area contributed by atoms with E-state index in [1.54, 1.807) is 13.0 Å². The molecule has 1 aliphatic heterocycles. The van der Waals surface area contributed by atoms with Crippen molar-refractivity contribution >= 4 is 5.97 Å². The number of aliphatic carboxylic acids is 1. The average Bonchev–Trinajstić information content (AvgIpc) is 2.66. The molecule has 0 aromatic rings. The van der Waals surface area contributed by atoms with Crippen LogP contribution in [-0.4, -0.2) is 52.0 Å². The van der Waals surface area contributed by atoms with Crippen molar-refractivity contribution in [1.29, 1.82) is 0 Å². The van der Waals surface area contributed by atoms with Crippen LogP contribution in [0.5, 0.6) is 0 Å². The number of carboxylic acid groups (broad SMARTS) is 1. The van der Waals surface area contributed by atoms with Gasteiger partial charge < -0.3 is 24.8 Å². The Kier molecular flexibility index (Phi) is 14.2. The number of unbranched alkanes of at least 4 members (excludes halogenated alkanes) is 10. The van der Waals surface area contributed by atoms with Crippen LogP contribution in [0, 0.1) is 0 Å². The average molecular weight is 415 g/mol. The van der Waals surface area contributed by atoms with E-state index >= 15 is 0 Å². The molecule has 0 aliphatic carbocycles. The predicted molar refractivity (Wildman–Crippen MR) is 114 cm³/mol. The number of allylic oxidation sites excluding steroid dienone is 1. The minimum Gasteiger partial charge on any atom is -0.478 e. The van der Waals surface area contributed by atoms with Crippen LogP contribution in [0.4, 0.5) is 0 Å². The van der Waals surface area contributed by atoms with Gasteiger partial charge in [-0.05, 0) is 33.1 Å². The van der Waals surface area contributed by atoms with Crippen molar-refractivity contribution < 1.29 is 29.6 Å². The molecule has 1 heterocycles. The van der Waals surface area contributed by atoms with Crippen molar-refractivity contribution in [3.8, 4) is 0 Å². The Morgan fingerprint density at radius 3 is 2.14 bits per heavy atom. The normalized spacial score (nSPS) is 26.1. The molecule has 3 N–H and O–H groups in total. The summed E-state index contributed by atoms with van der Waals surface area (Å²) in [6, 6.07) is 0. The first-order valence-corrected chi connectivity index (χ1v) is 11.5. The van der Waals surface area contributed by atoms with Crippen molar-refractivity contribution in [3.05, 3.63) is 12.2 Å². The molecule has 1 saturated heterocycles. The van der Waals surface area contributed by atoms with Crippen LogP contribution >= 0.6 is 0 Å². The largest absolute Gasteiger partial charge is 0.478 e. The second-order valence-corrected chi connectivity index (χ2v) is 8.38. The van der Waals surface area contributed by atoms with E-state index in [0.29, 0.717) is 6.42 Å². The molecule has 170 valence electrons. The molecule has 0 aromatic heterocycles. The highest BCUT2D eigenvalue weighted by atomic mass is 16.7. The van der Waals surface area contributed by atoms with Gasteiger partial charge in [-0.1, -0.05) is 63.9 Å². The summed E-state index contributed by atoms with van der Waals surface area (Å²) >= 11 is 0. The first-order valence-electron chi connectivity index (χ1n) is 11.5. The standard InChI is InChI=1S/C23H42O6/c1-18(28-23-21(25)17-20(24)19(2)29-23)15-13-11-9-7-5-3-4-6-8-10-12-14-16-22(26)27/h14,16,18-21,23-25H,3-13,15,17H2,1-2H3,(H,26,27)/b16-14+/t18-,19+,20-,21-,23-/m1/s1. The number of hydrogen-bond acceptors (Lipinski definition) is 5. The van der Waals surface area contributed by atoms with Gasteiger partial charge in [0.05, 0.1) is 18.3 Å².